The number of hydrogen-bond donors (Lipinski definition) is 0. The van der Waals surface area contributed by atoms with Crippen molar-refractivity contribution >= 4 is 17.3 Å². The minimum absolute atomic E-state index is 0.0473. The summed E-state index contributed by atoms with van der Waals surface area (Å²) in [5.74, 6) is -0.198. The topological polar surface area (TPSA) is 121 Å². The maximum absolute atomic E-state index is 13.0. The predicted octanol–water partition coefficient (Wildman–Crippen LogP) is 2.32. The third kappa shape index (κ3) is 3.93. The number of non-ortho nitro benzene ring substituents is 1. The molecule has 1 fully saturated rings. The summed E-state index contributed by atoms with van der Waals surface area (Å²) in [6.07, 6.45) is 0. The fourth-order valence-electron chi connectivity index (χ4n) is 3.57. The molecule has 0 bridgehead atoms. The zero-order valence-corrected chi connectivity index (χ0v) is 16.8. The van der Waals surface area contributed by atoms with E-state index in [1.807, 2.05) is 11.0 Å². The number of benzene rings is 2. The first-order chi connectivity index (χ1) is 15.0. The quantitative estimate of drug-likeness (QED) is 0.472. The zero-order valence-electron chi connectivity index (χ0n) is 16.8. The van der Waals surface area contributed by atoms with Crippen molar-refractivity contribution in [3.8, 4) is 11.8 Å². The van der Waals surface area contributed by atoms with E-state index in [0.717, 1.165) is 11.4 Å². The fraction of sp³-hybridized carbons (Fsp3) is 0.238. The Morgan fingerprint density at radius 2 is 1.81 bits per heavy atom. The first-order valence-electron chi connectivity index (χ1n) is 9.69. The summed E-state index contributed by atoms with van der Waals surface area (Å²) in [4.78, 5) is 27.3. The molecule has 10 nitrogen and oxygen atoms in total. The van der Waals surface area contributed by atoms with E-state index < -0.39 is 4.92 Å². The average Bonchev–Trinajstić information content (AvgIpc) is 3.20. The van der Waals surface area contributed by atoms with Gasteiger partial charge in [-0.3, -0.25) is 14.9 Å². The number of nitrogens with zero attached hydrogens (tertiary/aromatic N) is 7. The molecular formula is C21H19N7O3. The number of rotatable bonds is 4. The van der Waals surface area contributed by atoms with Crippen LogP contribution in [-0.2, 0) is 0 Å². The van der Waals surface area contributed by atoms with Crippen molar-refractivity contribution in [2.45, 2.75) is 6.92 Å². The normalized spacial score (nSPS) is 13.7. The van der Waals surface area contributed by atoms with Crippen molar-refractivity contribution in [3.63, 3.8) is 0 Å². The summed E-state index contributed by atoms with van der Waals surface area (Å²) in [6, 6.07) is 15.5. The highest BCUT2D eigenvalue weighted by Crippen LogP contribution is 2.23. The molecule has 31 heavy (non-hydrogen) atoms. The second kappa shape index (κ2) is 8.23. The van der Waals surface area contributed by atoms with Crippen molar-refractivity contribution in [1.29, 1.82) is 5.26 Å². The van der Waals surface area contributed by atoms with Crippen molar-refractivity contribution < 1.29 is 9.72 Å². The lowest BCUT2D eigenvalue weighted by molar-refractivity contribution is -0.384. The molecule has 3 aromatic rings. The van der Waals surface area contributed by atoms with Crippen LogP contribution in [0.15, 0.2) is 48.5 Å². The van der Waals surface area contributed by atoms with E-state index >= 15 is 0 Å². The van der Waals surface area contributed by atoms with E-state index in [1.54, 1.807) is 52.9 Å². The SMILES string of the molecule is Cc1c(C(=O)N2CCN(c3cccc([N+](=O)[O-])c3)CC2)nnn1-c1ccc(C#N)cc1. The molecule has 0 N–H and O–H groups in total. The van der Waals surface area contributed by atoms with Crippen LogP contribution in [-0.4, -0.2) is 56.9 Å². The van der Waals surface area contributed by atoms with Crippen LogP contribution in [0.2, 0.25) is 0 Å². The molecule has 1 saturated heterocycles. The van der Waals surface area contributed by atoms with Crippen molar-refractivity contribution in [1.82, 2.24) is 19.9 Å². The molecular weight excluding hydrogens is 398 g/mol. The second-order valence-electron chi connectivity index (χ2n) is 7.15. The molecule has 156 valence electrons. The highest BCUT2D eigenvalue weighted by atomic mass is 16.6. The summed E-state index contributed by atoms with van der Waals surface area (Å²) in [5.41, 5.74) is 2.98. The Morgan fingerprint density at radius 1 is 1.10 bits per heavy atom. The third-order valence-electron chi connectivity index (χ3n) is 5.31. The van der Waals surface area contributed by atoms with Crippen molar-refractivity contribution in [2.75, 3.05) is 31.1 Å². The maximum atomic E-state index is 13.0. The van der Waals surface area contributed by atoms with E-state index in [0.29, 0.717) is 37.4 Å². The Labute approximate surface area is 178 Å². The Morgan fingerprint density at radius 3 is 2.45 bits per heavy atom. The van der Waals surface area contributed by atoms with Crippen LogP contribution < -0.4 is 4.90 Å². The number of carbonyl (C=O) groups is 1. The first-order valence-corrected chi connectivity index (χ1v) is 9.69. The van der Waals surface area contributed by atoms with E-state index in [-0.39, 0.29) is 17.3 Å². The van der Waals surface area contributed by atoms with Crippen LogP contribution in [0.5, 0.6) is 0 Å². The van der Waals surface area contributed by atoms with Gasteiger partial charge in [0.25, 0.3) is 11.6 Å². The molecule has 0 saturated carbocycles. The van der Waals surface area contributed by atoms with Gasteiger partial charge in [-0.1, -0.05) is 11.3 Å². The predicted molar refractivity (Wildman–Crippen MR) is 112 cm³/mol. The molecule has 0 unspecified atom stereocenters. The molecule has 1 amide bonds. The van der Waals surface area contributed by atoms with Gasteiger partial charge in [0, 0.05) is 44.0 Å². The average molecular weight is 417 g/mol. The lowest BCUT2D eigenvalue weighted by atomic mass is 10.2. The number of nitro benzene ring substituents is 1. The summed E-state index contributed by atoms with van der Waals surface area (Å²) >= 11 is 0. The highest BCUT2D eigenvalue weighted by Gasteiger charge is 2.27. The first kappa shape index (κ1) is 20.0. The number of nitriles is 1. The van der Waals surface area contributed by atoms with Gasteiger partial charge in [0.2, 0.25) is 0 Å². The van der Waals surface area contributed by atoms with E-state index in [1.165, 1.54) is 6.07 Å². The summed E-state index contributed by atoms with van der Waals surface area (Å²) < 4.78 is 1.58. The van der Waals surface area contributed by atoms with Gasteiger partial charge < -0.3 is 9.80 Å². The number of amides is 1. The Kier molecular flexibility index (Phi) is 5.32. The van der Waals surface area contributed by atoms with Gasteiger partial charge in [0.1, 0.15) is 0 Å². The van der Waals surface area contributed by atoms with Gasteiger partial charge in [-0.15, -0.1) is 5.10 Å². The standard InChI is InChI=1S/C21H19N7O3/c1-15-20(23-24-27(15)17-7-5-16(14-22)6-8-17)21(29)26-11-9-25(10-12-26)18-3-2-4-19(13-18)28(30)31/h2-8,13H,9-12H2,1H3. The highest BCUT2D eigenvalue weighted by molar-refractivity contribution is 5.93. The van der Waals surface area contributed by atoms with Gasteiger partial charge in [0.05, 0.1) is 27.9 Å². The molecule has 2 aromatic carbocycles. The summed E-state index contributed by atoms with van der Waals surface area (Å²) in [7, 11) is 0. The van der Waals surface area contributed by atoms with E-state index in [4.69, 9.17) is 5.26 Å². The maximum Gasteiger partial charge on any atom is 0.276 e. The van der Waals surface area contributed by atoms with Crippen molar-refractivity contribution in [3.05, 3.63) is 75.6 Å². The molecule has 10 heteroatoms. The zero-order chi connectivity index (χ0) is 22.0. The van der Waals surface area contributed by atoms with E-state index in [2.05, 4.69) is 16.4 Å². The summed E-state index contributed by atoms with van der Waals surface area (Å²) in [5, 5.41) is 28.1. The van der Waals surface area contributed by atoms with Crippen LogP contribution in [0, 0.1) is 28.4 Å². The lowest BCUT2D eigenvalue weighted by Crippen LogP contribution is -2.49. The molecule has 1 aliphatic rings. The van der Waals surface area contributed by atoms with Crippen LogP contribution in [0.4, 0.5) is 11.4 Å². The monoisotopic (exact) mass is 417 g/mol. The largest absolute Gasteiger partial charge is 0.368 e. The Bertz CT molecular complexity index is 1170. The number of piperazine rings is 1. The minimum Gasteiger partial charge on any atom is -0.368 e. The molecule has 0 aliphatic carbocycles. The molecule has 4 rings (SSSR count). The van der Waals surface area contributed by atoms with Crippen LogP contribution in [0.3, 0.4) is 0 Å². The Balaban J connectivity index is 1.45. The van der Waals surface area contributed by atoms with Gasteiger partial charge in [0.15, 0.2) is 5.69 Å². The second-order valence-corrected chi connectivity index (χ2v) is 7.15. The van der Waals surface area contributed by atoms with Crippen LogP contribution >= 0.6 is 0 Å². The smallest absolute Gasteiger partial charge is 0.276 e. The third-order valence-corrected chi connectivity index (χ3v) is 5.31. The van der Waals surface area contributed by atoms with Gasteiger partial charge in [-0.2, -0.15) is 5.26 Å². The molecule has 0 atom stereocenters. The Hall–Kier alpha value is -4.26. The number of hydrogen-bond acceptors (Lipinski definition) is 7. The van der Waals surface area contributed by atoms with Crippen molar-refractivity contribution in [2.24, 2.45) is 0 Å². The number of aromatic nitrogens is 3. The number of anilines is 1. The lowest BCUT2D eigenvalue weighted by Gasteiger charge is -2.35. The molecule has 1 aliphatic heterocycles. The molecule has 0 radical (unpaired) electrons. The minimum atomic E-state index is -0.413. The molecule has 2 heterocycles. The van der Waals surface area contributed by atoms with Gasteiger partial charge in [-0.05, 0) is 37.3 Å². The van der Waals surface area contributed by atoms with Gasteiger partial charge >= 0.3 is 0 Å². The summed E-state index contributed by atoms with van der Waals surface area (Å²) in [6.45, 7) is 3.87. The van der Waals surface area contributed by atoms with E-state index in [9.17, 15) is 14.9 Å². The van der Waals surface area contributed by atoms with Gasteiger partial charge in [-0.25, -0.2) is 4.68 Å². The number of nitro groups is 1. The molecule has 0 spiro atoms. The molecule has 1 aromatic heterocycles. The fourth-order valence-corrected chi connectivity index (χ4v) is 3.57. The van der Waals surface area contributed by atoms with Crippen LogP contribution in [0.25, 0.3) is 5.69 Å². The van der Waals surface area contributed by atoms with Crippen LogP contribution in [0.1, 0.15) is 21.7 Å². The number of carbonyl (C=O) groups excluding carboxylic acids is 1.